The van der Waals surface area contributed by atoms with Crippen molar-refractivity contribution in [2.75, 3.05) is 0 Å². The van der Waals surface area contributed by atoms with Gasteiger partial charge in [-0.05, 0) is 35.7 Å². The fourth-order valence-corrected chi connectivity index (χ4v) is 3.48. The van der Waals surface area contributed by atoms with E-state index < -0.39 is 0 Å². The maximum atomic E-state index is 13.1. The molecule has 134 valence electrons. The zero-order chi connectivity index (χ0) is 18.5. The molecule has 0 aliphatic rings. The van der Waals surface area contributed by atoms with Gasteiger partial charge in [0.05, 0.1) is 23.9 Å². The van der Waals surface area contributed by atoms with Gasteiger partial charge < -0.3 is 5.32 Å². The van der Waals surface area contributed by atoms with Crippen LogP contribution in [0.15, 0.2) is 54.0 Å². The first kappa shape index (κ1) is 18.2. The van der Waals surface area contributed by atoms with Gasteiger partial charge in [-0.15, -0.1) is 11.3 Å². The zero-order valence-electron chi connectivity index (χ0n) is 14.6. The molecule has 26 heavy (non-hydrogen) atoms. The van der Waals surface area contributed by atoms with Gasteiger partial charge in [-0.3, -0.25) is 9.78 Å². The molecule has 0 aliphatic heterocycles. The lowest BCUT2D eigenvalue weighted by Crippen LogP contribution is -2.32. The highest BCUT2D eigenvalue weighted by molar-refractivity contribution is 7.13. The third kappa shape index (κ3) is 4.52. The molecule has 0 radical (unpaired) electrons. The molecule has 0 aliphatic carbocycles. The second-order valence-electron chi connectivity index (χ2n) is 6.38. The normalized spacial score (nSPS) is 12.2. The number of hydrogen-bond acceptors (Lipinski definition) is 4. The van der Waals surface area contributed by atoms with Gasteiger partial charge >= 0.3 is 0 Å². The van der Waals surface area contributed by atoms with Crippen molar-refractivity contribution in [3.8, 4) is 10.7 Å². The Morgan fingerprint density at radius 2 is 1.96 bits per heavy atom. The first-order chi connectivity index (χ1) is 12.5. The maximum absolute atomic E-state index is 13.1. The van der Waals surface area contributed by atoms with Crippen LogP contribution in [0.3, 0.4) is 0 Å². The van der Waals surface area contributed by atoms with E-state index in [0.717, 1.165) is 22.0 Å². The lowest BCUT2D eigenvalue weighted by atomic mass is 9.96. The highest BCUT2D eigenvalue weighted by Crippen LogP contribution is 2.24. The Labute approximate surface area is 156 Å². The number of benzene rings is 1. The van der Waals surface area contributed by atoms with Crippen molar-refractivity contribution >= 4 is 17.2 Å². The van der Waals surface area contributed by atoms with Crippen molar-refractivity contribution in [1.82, 2.24) is 15.3 Å². The highest BCUT2D eigenvalue weighted by atomic mass is 32.1. The van der Waals surface area contributed by atoms with Crippen LogP contribution in [0.25, 0.3) is 10.7 Å². The van der Waals surface area contributed by atoms with E-state index in [-0.39, 0.29) is 30.1 Å². The van der Waals surface area contributed by atoms with E-state index in [1.54, 1.807) is 18.3 Å². The monoisotopic (exact) mass is 369 g/mol. The number of nitrogens with zero attached hydrogens (tertiary/aromatic N) is 2. The molecule has 6 heteroatoms. The Kier molecular flexibility index (Phi) is 5.73. The molecule has 0 unspecified atom stereocenters. The number of amides is 1. The van der Waals surface area contributed by atoms with E-state index >= 15 is 0 Å². The average molecular weight is 369 g/mol. The topological polar surface area (TPSA) is 54.9 Å². The molecule has 0 bridgehead atoms. The maximum Gasteiger partial charge on any atom is 0.226 e. The van der Waals surface area contributed by atoms with Crippen molar-refractivity contribution in [3.05, 3.63) is 71.1 Å². The van der Waals surface area contributed by atoms with Crippen LogP contribution < -0.4 is 5.32 Å². The molecule has 2 aromatic heterocycles. The number of carbonyl (C=O) groups is 1. The number of rotatable bonds is 6. The lowest BCUT2D eigenvalue weighted by Gasteiger charge is -2.22. The van der Waals surface area contributed by atoms with Gasteiger partial charge in [0, 0.05) is 11.6 Å². The van der Waals surface area contributed by atoms with Crippen LogP contribution in [0.5, 0.6) is 0 Å². The first-order valence-electron chi connectivity index (χ1n) is 8.43. The number of halogens is 1. The summed E-state index contributed by atoms with van der Waals surface area (Å²) in [6.07, 6.45) is 1.92. The molecule has 1 aromatic carbocycles. The summed E-state index contributed by atoms with van der Waals surface area (Å²) in [5.74, 6) is -0.207. The molecule has 3 rings (SSSR count). The first-order valence-corrected chi connectivity index (χ1v) is 9.31. The summed E-state index contributed by atoms with van der Waals surface area (Å²) in [7, 11) is 0. The molecule has 3 aromatic rings. The van der Waals surface area contributed by atoms with Crippen LogP contribution >= 0.6 is 11.3 Å². The molecule has 0 fully saturated rings. The largest absolute Gasteiger partial charge is 0.349 e. The fourth-order valence-electron chi connectivity index (χ4n) is 2.69. The van der Waals surface area contributed by atoms with E-state index in [2.05, 4.69) is 15.3 Å². The van der Waals surface area contributed by atoms with Gasteiger partial charge in [0.15, 0.2) is 0 Å². The van der Waals surface area contributed by atoms with E-state index in [1.807, 2.05) is 37.4 Å². The molecular weight excluding hydrogens is 349 g/mol. The van der Waals surface area contributed by atoms with Crippen molar-refractivity contribution < 1.29 is 9.18 Å². The number of pyridine rings is 1. The zero-order valence-corrected chi connectivity index (χ0v) is 15.5. The summed E-state index contributed by atoms with van der Waals surface area (Å²) in [6, 6.07) is 11.7. The Bertz CT molecular complexity index is 862. The second kappa shape index (κ2) is 8.19. The Morgan fingerprint density at radius 1 is 1.19 bits per heavy atom. The number of thiazole rings is 1. The average Bonchev–Trinajstić information content (AvgIpc) is 3.09. The Balaban J connectivity index is 1.67. The second-order valence-corrected chi connectivity index (χ2v) is 7.23. The summed E-state index contributed by atoms with van der Waals surface area (Å²) >= 11 is 1.47. The van der Waals surface area contributed by atoms with Crippen molar-refractivity contribution in [3.63, 3.8) is 0 Å². The van der Waals surface area contributed by atoms with E-state index in [1.165, 1.54) is 23.5 Å². The predicted octanol–water partition coefficient (Wildman–Crippen LogP) is 4.40. The predicted molar refractivity (Wildman–Crippen MR) is 101 cm³/mol. The molecular formula is C20H20FN3OS. The number of aromatic nitrogens is 2. The molecule has 2 heterocycles. The summed E-state index contributed by atoms with van der Waals surface area (Å²) in [5.41, 5.74) is 2.41. The minimum Gasteiger partial charge on any atom is -0.349 e. The third-order valence-electron chi connectivity index (χ3n) is 3.99. The molecule has 0 spiro atoms. The molecule has 1 amide bonds. The van der Waals surface area contributed by atoms with Crippen LogP contribution in [0.2, 0.25) is 0 Å². The standard InChI is InChI=1S/C20H20FN3OS/c1-13(2)19(14-6-8-15(21)9-7-14)24-18(25)11-16-12-26-20(23-16)17-5-3-4-10-22-17/h3-10,12-13,19H,11H2,1-2H3,(H,24,25)/t19-/m0/s1. The van der Waals surface area contributed by atoms with Crippen molar-refractivity contribution in [2.45, 2.75) is 26.3 Å². The van der Waals surface area contributed by atoms with Crippen molar-refractivity contribution in [1.29, 1.82) is 0 Å². The summed E-state index contributed by atoms with van der Waals surface area (Å²) in [6.45, 7) is 4.05. The summed E-state index contributed by atoms with van der Waals surface area (Å²) in [5, 5.41) is 5.72. The third-order valence-corrected chi connectivity index (χ3v) is 4.90. The molecule has 1 N–H and O–H groups in total. The minimum absolute atomic E-state index is 0.106. The van der Waals surface area contributed by atoms with Gasteiger partial charge in [-0.25, -0.2) is 9.37 Å². The quantitative estimate of drug-likeness (QED) is 0.701. The summed E-state index contributed by atoms with van der Waals surface area (Å²) < 4.78 is 13.1. The smallest absolute Gasteiger partial charge is 0.226 e. The summed E-state index contributed by atoms with van der Waals surface area (Å²) in [4.78, 5) is 21.3. The van der Waals surface area contributed by atoms with Crippen LogP contribution in [0.1, 0.15) is 31.1 Å². The highest BCUT2D eigenvalue weighted by Gasteiger charge is 2.19. The van der Waals surface area contributed by atoms with Gasteiger partial charge in [-0.2, -0.15) is 0 Å². The van der Waals surface area contributed by atoms with Crippen LogP contribution in [-0.2, 0) is 11.2 Å². The van der Waals surface area contributed by atoms with Gasteiger partial charge in [0.1, 0.15) is 10.8 Å². The van der Waals surface area contributed by atoms with E-state index in [9.17, 15) is 9.18 Å². The molecule has 0 saturated heterocycles. The van der Waals surface area contributed by atoms with Gasteiger partial charge in [0.25, 0.3) is 0 Å². The fraction of sp³-hybridized carbons (Fsp3) is 0.250. The SMILES string of the molecule is CC(C)[C@H](NC(=O)Cc1csc(-c2ccccn2)n1)c1ccc(F)cc1. The van der Waals surface area contributed by atoms with Gasteiger partial charge in [-0.1, -0.05) is 32.0 Å². The van der Waals surface area contributed by atoms with Crippen LogP contribution in [0, 0.1) is 11.7 Å². The molecule has 4 nitrogen and oxygen atoms in total. The lowest BCUT2D eigenvalue weighted by molar-refractivity contribution is -0.121. The van der Waals surface area contributed by atoms with Crippen LogP contribution in [-0.4, -0.2) is 15.9 Å². The molecule has 0 saturated carbocycles. The number of hydrogen-bond donors (Lipinski definition) is 1. The molecule has 1 atom stereocenters. The Morgan fingerprint density at radius 3 is 2.62 bits per heavy atom. The minimum atomic E-state index is -0.285. The Hall–Kier alpha value is -2.60. The number of carbonyl (C=O) groups excluding carboxylic acids is 1. The van der Waals surface area contributed by atoms with E-state index in [0.29, 0.717) is 0 Å². The number of nitrogens with one attached hydrogen (secondary N) is 1. The van der Waals surface area contributed by atoms with E-state index in [4.69, 9.17) is 0 Å². The van der Waals surface area contributed by atoms with Crippen LogP contribution in [0.4, 0.5) is 4.39 Å². The van der Waals surface area contributed by atoms with Crippen molar-refractivity contribution in [2.24, 2.45) is 5.92 Å². The van der Waals surface area contributed by atoms with Gasteiger partial charge in [0.2, 0.25) is 5.91 Å².